The number of hydrogen-bond donors (Lipinski definition) is 1. The highest BCUT2D eigenvalue weighted by Gasteiger charge is 2.77. The van der Waals surface area contributed by atoms with Gasteiger partial charge in [-0.05, 0) is 18.3 Å². The number of alkyl halides is 2. The fourth-order valence-electron chi connectivity index (χ4n) is 4.71. The molecular formula is C16H24F2O3S2. The number of thioether (sulfide) groups is 2. The molecule has 2 saturated carbocycles. The Bertz CT molecular complexity index is 522. The van der Waals surface area contributed by atoms with E-state index in [0.717, 1.165) is 18.6 Å². The van der Waals surface area contributed by atoms with Gasteiger partial charge in [0, 0.05) is 29.3 Å². The summed E-state index contributed by atoms with van der Waals surface area (Å²) < 4.78 is 31.8. The molecule has 0 aromatic carbocycles. The van der Waals surface area contributed by atoms with Gasteiger partial charge in [-0.3, -0.25) is 0 Å². The normalized spacial score (nSPS) is 44.9. The van der Waals surface area contributed by atoms with E-state index < -0.39 is 22.1 Å². The maximum absolute atomic E-state index is 13.4. The van der Waals surface area contributed by atoms with Crippen LogP contribution in [0.3, 0.4) is 0 Å². The first kappa shape index (κ1) is 17.8. The van der Waals surface area contributed by atoms with Crippen molar-refractivity contribution in [2.75, 3.05) is 12.4 Å². The van der Waals surface area contributed by atoms with Gasteiger partial charge in [0.05, 0.1) is 6.61 Å². The van der Waals surface area contributed by atoms with Gasteiger partial charge in [-0.25, -0.2) is 4.79 Å². The van der Waals surface area contributed by atoms with Crippen molar-refractivity contribution < 1.29 is 23.4 Å². The fraction of sp³-hybridized carbons (Fsp3) is 0.938. The van der Waals surface area contributed by atoms with Crippen molar-refractivity contribution in [3.05, 3.63) is 0 Å². The van der Waals surface area contributed by atoms with Crippen LogP contribution in [0.4, 0.5) is 8.78 Å². The lowest BCUT2D eigenvalue weighted by molar-refractivity contribution is -0.178. The van der Waals surface area contributed by atoms with Gasteiger partial charge in [-0.1, -0.05) is 20.8 Å². The molecular weight excluding hydrogens is 342 g/mol. The van der Waals surface area contributed by atoms with Gasteiger partial charge in [-0.2, -0.15) is 8.78 Å². The number of carbonyl (C=O) groups is 1. The van der Waals surface area contributed by atoms with Gasteiger partial charge in [0.15, 0.2) is 0 Å². The average Bonchev–Trinajstić information content (AvgIpc) is 3.00. The Morgan fingerprint density at radius 1 is 1.39 bits per heavy atom. The van der Waals surface area contributed by atoms with Crippen LogP contribution in [0.15, 0.2) is 0 Å². The lowest BCUT2D eigenvalue weighted by atomic mass is 9.70. The van der Waals surface area contributed by atoms with E-state index in [0.29, 0.717) is 6.92 Å². The number of hydrogen-bond acceptors (Lipinski definition) is 5. The number of ether oxygens (including phenoxy) is 1. The molecule has 1 heterocycles. The summed E-state index contributed by atoms with van der Waals surface area (Å²) in [4.78, 5) is 11.9. The number of aliphatic hydroxyl groups excluding tert-OH is 1. The summed E-state index contributed by atoms with van der Waals surface area (Å²) in [6.45, 7) is 7.18. The van der Waals surface area contributed by atoms with Crippen molar-refractivity contribution >= 4 is 29.5 Å². The van der Waals surface area contributed by atoms with E-state index in [1.165, 1.54) is 0 Å². The highest BCUT2D eigenvalue weighted by molar-refractivity contribution is 8.21. The number of halogens is 2. The Labute approximate surface area is 144 Å². The fourth-order valence-corrected chi connectivity index (χ4v) is 9.21. The van der Waals surface area contributed by atoms with Crippen LogP contribution in [0.1, 0.15) is 40.5 Å². The Hall–Kier alpha value is -0.0100. The highest BCUT2D eigenvalue weighted by atomic mass is 32.2. The Morgan fingerprint density at radius 2 is 2.04 bits per heavy atom. The van der Waals surface area contributed by atoms with E-state index in [4.69, 9.17) is 4.74 Å². The molecule has 3 rings (SSSR count). The number of fused-ring (bicyclic) bond motifs is 3. The van der Waals surface area contributed by atoms with Crippen molar-refractivity contribution in [2.24, 2.45) is 16.7 Å². The van der Waals surface area contributed by atoms with E-state index in [9.17, 15) is 18.7 Å². The number of aliphatic hydroxyl groups is 1. The van der Waals surface area contributed by atoms with Crippen LogP contribution in [0.25, 0.3) is 0 Å². The van der Waals surface area contributed by atoms with Crippen molar-refractivity contribution in [1.82, 2.24) is 0 Å². The second-order valence-electron chi connectivity index (χ2n) is 7.81. The molecule has 3 aliphatic rings. The molecule has 5 unspecified atom stereocenters. The Balaban J connectivity index is 1.99. The largest absolute Gasteiger partial charge is 0.455 e. The molecule has 0 amide bonds. The molecule has 0 aromatic rings. The van der Waals surface area contributed by atoms with Crippen LogP contribution >= 0.6 is 23.5 Å². The topological polar surface area (TPSA) is 46.5 Å². The minimum absolute atomic E-state index is 0.0607. The molecule has 0 aromatic heterocycles. The summed E-state index contributed by atoms with van der Waals surface area (Å²) in [5, 5.41) is 9.59. The third-order valence-electron chi connectivity index (χ3n) is 6.44. The first-order valence-electron chi connectivity index (χ1n) is 8.01. The molecule has 3 fully saturated rings. The smallest absolute Gasteiger partial charge is 0.377 e. The predicted octanol–water partition coefficient (Wildman–Crippen LogP) is 3.55. The molecule has 1 saturated heterocycles. The number of rotatable bonds is 3. The van der Waals surface area contributed by atoms with Crippen LogP contribution in [-0.2, 0) is 9.53 Å². The van der Waals surface area contributed by atoms with Crippen LogP contribution in [-0.4, -0.2) is 44.8 Å². The van der Waals surface area contributed by atoms with E-state index in [1.807, 2.05) is 0 Å². The van der Waals surface area contributed by atoms with E-state index in [2.05, 4.69) is 20.8 Å². The van der Waals surface area contributed by atoms with Gasteiger partial charge in [0.1, 0.15) is 10.2 Å². The molecule has 3 nitrogen and oxygen atoms in total. The molecule has 0 radical (unpaired) electrons. The first-order valence-corrected chi connectivity index (χ1v) is 9.88. The zero-order valence-corrected chi connectivity index (χ0v) is 15.5. The standard InChI is InChI=1S/C16H24F2O3S2/c1-13(2)10-5-6-14(13,3)16(22-8-9(7-19)23-16)11(10)21-12(20)15(4,17)18/h9-11,19H,5-8H2,1-4H3. The van der Waals surface area contributed by atoms with Crippen molar-refractivity contribution in [1.29, 1.82) is 0 Å². The third kappa shape index (κ3) is 2.21. The molecule has 1 spiro atoms. The third-order valence-corrected chi connectivity index (χ3v) is 10.7. The van der Waals surface area contributed by atoms with E-state index >= 15 is 0 Å². The highest BCUT2D eigenvalue weighted by Crippen LogP contribution is 2.79. The molecule has 1 N–H and O–H groups in total. The summed E-state index contributed by atoms with van der Waals surface area (Å²) in [5.41, 5.74) is -0.205. The molecule has 2 aliphatic carbocycles. The molecule has 1 aliphatic heterocycles. The zero-order chi connectivity index (χ0) is 17.3. The van der Waals surface area contributed by atoms with Crippen LogP contribution < -0.4 is 0 Å². The SMILES string of the molecule is CC(F)(F)C(=O)OC1C2CCC(C)(C2(C)C)C12SCC(CO)S2. The molecule has 2 bridgehead atoms. The van der Waals surface area contributed by atoms with Crippen LogP contribution in [0.5, 0.6) is 0 Å². The average molecular weight is 366 g/mol. The number of carbonyl (C=O) groups excluding carboxylic acids is 1. The maximum Gasteiger partial charge on any atom is 0.377 e. The Morgan fingerprint density at radius 3 is 2.57 bits per heavy atom. The maximum atomic E-state index is 13.4. The molecule has 5 atom stereocenters. The Kier molecular flexibility index (Phi) is 4.06. The predicted molar refractivity (Wildman–Crippen MR) is 88.8 cm³/mol. The number of esters is 1. The van der Waals surface area contributed by atoms with Gasteiger partial charge in [-0.15, -0.1) is 23.5 Å². The van der Waals surface area contributed by atoms with E-state index in [1.54, 1.807) is 23.5 Å². The monoisotopic (exact) mass is 366 g/mol. The molecule has 7 heteroatoms. The van der Waals surface area contributed by atoms with Gasteiger partial charge in [0.25, 0.3) is 0 Å². The first-order chi connectivity index (χ1) is 10.5. The lowest BCUT2D eigenvalue weighted by Crippen LogP contribution is -2.50. The molecule has 23 heavy (non-hydrogen) atoms. The minimum atomic E-state index is -3.47. The van der Waals surface area contributed by atoms with Crippen molar-refractivity contribution in [2.45, 2.75) is 61.9 Å². The van der Waals surface area contributed by atoms with Gasteiger partial charge < -0.3 is 9.84 Å². The summed E-state index contributed by atoms with van der Waals surface area (Å²) in [6, 6.07) is 0. The second kappa shape index (κ2) is 5.24. The van der Waals surface area contributed by atoms with Gasteiger partial charge >= 0.3 is 11.9 Å². The summed E-state index contributed by atoms with van der Waals surface area (Å²) >= 11 is 3.33. The second-order valence-corrected chi connectivity index (χ2v) is 10.9. The molecule has 132 valence electrons. The zero-order valence-electron chi connectivity index (χ0n) is 13.9. The summed E-state index contributed by atoms with van der Waals surface area (Å²) in [6.07, 6.45) is 1.36. The van der Waals surface area contributed by atoms with Crippen LogP contribution in [0.2, 0.25) is 0 Å². The van der Waals surface area contributed by atoms with Crippen molar-refractivity contribution in [3.63, 3.8) is 0 Å². The quantitative estimate of drug-likeness (QED) is 0.774. The van der Waals surface area contributed by atoms with E-state index in [-0.39, 0.29) is 28.6 Å². The van der Waals surface area contributed by atoms with Crippen molar-refractivity contribution in [3.8, 4) is 0 Å². The summed E-state index contributed by atoms with van der Waals surface area (Å²) in [5.74, 6) is -4.06. The van der Waals surface area contributed by atoms with Gasteiger partial charge in [0.2, 0.25) is 0 Å². The lowest BCUT2D eigenvalue weighted by Gasteiger charge is -2.47. The van der Waals surface area contributed by atoms with Crippen LogP contribution in [0, 0.1) is 16.7 Å². The minimum Gasteiger partial charge on any atom is -0.455 e. The summed E-state index contributed by atoms with van der Waals surface area (Å²) in [7, 11) is 0.